The first kappa shape index (κ1) is 13.5. The first-order valence-electron chi connectivity index (χ1n) is 6.22. The Labute approximate surface area is 97.4 Å². The minimum absolute atomic E-state index is 0.0154. The van der Waals surface area contributed by atoms with E-state index in [2.05, 4.69) is 5.32 Å². The van der Waals surface area contributed by atoms with E-state index in [0.29, 0.717) is 6.61 Å². The summed E-state index contributed by atoms with van der Waals surface area (Å²) in [7, 11) is 0. The van der Waals surface area contributed by atoms with Crippen LogP contribution < -0.4 is 5.32 Å². The molecule has 0 aliphatic carbocycles. The lowest BCUT2D eigenvalue weighted by Gasteiger charge is -2.33. The van der Waals surface area contributed by atoms with Crippen molar-refractivity contribution in [3.63, 3.8) is 0 Å². The van der Waals surface area contributed by atoms with Crippen LogP contribution in [0.3, 0.4) is 0 Å². The Balaban J connectivity index is 2.53. The molecule has 0 spiro atoms. The second kappa shape index (κ2) is 6.21. The van der Waals surface area contributed by atoms with Gasteiger partial charge in [-0.05, 0) is 32.1 Å². The van der Waals surface area contributed by atoms with Crippen LogP contribution in [-0.4, -0.2) is 35.9 Å². The van der Waals surface area contributed by atoms with Crippen molar-refractivity contribution >= 4 is 5.91 Å². The lowest BCUT2D eigenvalue weighted by Crippen LogP contribution is -2.54. The summed E-state index contributed by atoms with van der Waals surface area (Å²) >= 11 is 0. The van der Waals surface area contributed by atoms with E-state index in [1.54, 1.807) is 0 Å². The van der Waals surface area contributed by atoms with Crippen molar-refractivity contribution in [2.75, 3.05) is 13.2 Å². The smallest absolute Gasteiger partial charge is 0.249 e. The predicted octanol–water partition coefficient (Wildman–Crippen LogP) is 1.22. The molecule has 4 nitrogen and oxygen atoms in total. The summed E-state index contributed by atoms with van der Waals surface area (Å²) in [6.07, 6.45) is 4.02. The van der Waals surface area contributed by atoms with Gasteiger partial charge in [0.05, 0.1) is 12.1 Å². The van der Waals surface area contributed by atoms with Crippen molar-refractivity contribution < 1.29 is 14.6 Å². The van der Waals surface area contributed by atoms with Gasteiger partial charge in [0.2, 0.25) is 5.91 Å². The topological polar surface area (TPSA) is 58.6 Å². The van der Waals surface area contributed by atoms with Crippen molar-refractivity contribution in [2.24, 2.45) is 0 Å². The zero-order valence-corrected chi connectivity index (χ0v) is 10.3. The molecule has 94 valence electrons. The average molecular weight is 229 g/mol. The molecule has 0 aromatic rings. The summed E-state index contributed by atoms with van der Waals surface area (Å²) in [6.45, 7) is 4.60. The number of carbonyl (C=O) groups excluding carboxylic acids is 1. The Hall–Kier alpha value is -0.610. The van der Waals surface area contributed by atoms with E-state index in [4.69, 9.17) is 4.74 Å². The van der Waals surface area contributed by atoms with Crippen molar-refractivity contribution in [2.45, 2.75) is 57.6 Å². The average Bonchev–Trinajstić information content (AvgIpc) is 2.37. The van der Waals surface area contributed by atoms with E-state index >= 15 is 0 Å². The van der Waals surface area contributed by atoms with Crippen LogP contribution in [0.1, 0.15) is 46.0 Å². The van der Waals surface area contributed by atoms with Crippen LogP contribution in [-0.2, 0) is 9.53 Å². The Morgan fingerprint density at radius 3 is 2.56 bits per heavy atom. The third kappa shape index (κ3) is 3.19. The standard InChI is InChI=1S/C12H23NO3/c1-3-12(4-2,9-14)13-11(15)10-7-5-6-8-16-10/h10,14H,3-9H2,1-2H3,(H,13,15). The highest BCUT2D eigenvalue weighted by atomic mass is 16.5. The van der Waals surface area contributed by atoms with Crippen molar-refractivity contribution in [1.82, 2.24) is 5.32 Å². The van der Waals surface area contributed by atoms with Gasteiger partial charge in [0.1, 0.15) is 6.10 Å². The molecule has 0 aromatic heterocycles. The van der Waals surface area contributed by atoms with Gasteiger partial charge in [0.25, 0.3) is 0 Å². The molecule has 0 saturated carbocycles. The van der Waals surface area contributed by atoms with Crippen molar-refractivity contribution in [1.29, 1.82) is 0 Å². The first-order valence-corrected chi connectivity index (χ1v) is 6.22. The molecular formula is C12H23NO3. The molecule has 2 N–H and O–H groups in total. The van der Waals surface area contributed by atoms with Crippen LogP contribution in [0, 0.1) is 0 Å². The van der Waals surface area contributed by atoms with Gasteiger partial charge >= 0.3 is 0 Å². The van der Waals surface area contributed by atoms with Gasteiger partial charge in [-0.2, -0.15) is 0 Å². The predicted molar refractivity (Wildman–Crippen MR) is 62.1 cm³/mol. The lowest BCUT2D eigenvalue weighted by atomic mass is 9.93. The summed E-state index contributed by atoms with van der Waals surface area (Å²) in [4.78, 5) is 11.9. The van der Waals surface area contributed by atoms with E-state index < -0.39 is 5.54 Å². The number of hydrogen-bond donors (Lipinski definition) is 2. The Morgan fingerprint density at radius 1 is 1.44 bits per heavy atom. The molecule has 1 aliphatic heterocycles. The summed E-state index contributed by atoms with van der Waals surface area (Å²) in [5, 5.41) is 12.3. The lowest BCUT2D eigenvalue weighted by molar-refractivity contribution is -0.138. The van der Waals surface area contributed by atoms with Gasteiger partial charge < -0.3 is 15.2 Å². The molecule has 16 heavy (non-hydrogen) atoms. The number of carbonyl (C=O) groups is 1. The summed E-state index contributed by atoms with van der Waals surface area (Å²) < 4.78 is 5.43. The third-order valence-corrected chi connectivity index (χ3v) is 3.52. The maximum Gasteiger partial charge on any atom is 0.249 e. The van der Waals surface area contributed by atoms with Crippen LogP contribution in [0.2, 0.25) is 0 Å². The molecule has 4 heteroatoms. The molecule has 1 saturated heterocycles. The van der Waals surface area contributed by atoms with Crippen LogP contribution >= 0.6 is 0 Å². The second-order valence-electron chi connectivity index (χ2n) is 4.49. The second-order valence-corrected chi connectivity index (χ2v) is 4.49. The Kier molecular flexibility index (Phi) is 5.22. The monoisotopic (exact) mass is 229 g/mol. The number of hydrogen-bond acceptors (Lipinski definition) is 3. The first-order chi connectivity index (χ1) is 7.67. The van der Waals surface area contributed by atoms with Gasteiger partial charge in [0, 0.05) is 6.61 Å². The normalized spacial score (nSPS) is 21.8. The summed E-state index contributed by atoms with van der Waals surface area (Å²) in [5.74, 6) is -0.0718. The van der Waals surface area contributed by atoms with Gasteiger partial charge in [-0.3, -0.25) is 4.79 Å². The zero-order chi connectivity index (χ0) is 12.0. The van der Waals surface area contributed by atoms with E-state index in [1.165, 1.54) is 0 Å². The van der Waals surface area contributed by atoms with E-state index in [1.807, 2.05) is 13.8 Å². The molecule has 1 rings (SSSR count). The molecule has 1 atom stereocenters. The number of amides is 1. The fourth-order valence-electron chi connectivity index (χ4n) is 1.98. The molecule has 1 aliphatic rings. The minimum atomic E-state index is -0.474. The maximum atomic E-state index is 11.9. The summed E-state index contributed by atoms with van der Waals surface area (Å²) in [6, 6.07) is 0. The highest BCUT2D eigenvalue weighted by Crippen LogP contribution is 2.17. The highest BCUT2D eigenvalue weighted by Gasteiger charge is 2.31. The quantitative estimate of drug-likeness (QED) is 0.745. The number of aliphatic hydroxyl groups excluding tert-OH is 1. The van der Waals surface area contributed by atoms with Crippen molar-refractivity contribution in [3.05, 3.63) is 0 Å². The van der Waals surface area contributed by atoms with Crippen LogP contribution in [0.5, 0.6) is 0 Å². The van der Waals surface area contributed by atoms with Gasteiger partial charge in [-0.1, -0.05) is 13.8 Å². The van der Waals surface area contributed by atoms with Crippen LogP contribution in [0.25, 0.3) is 0 Å². The SMILES string of the molecule is CCC(CC)(CO)NC(=O)C1CCCCO1. The molecule has 0 radical (unpaired) electrons. The third-order valence-electron chi connectivity index (χ3n) is 3.52. The van der Waals surface area contributed by atoms with Crippen LogP contribution in [0.4, 0.5) is 0 Å². The Bertz CT molecular complexity index is 212. The van der Waals surface area contributed by atoms with Gasteiger partial charge in [-0.25, -0.2) is 0 Å². The fourth-order valence-corrected chi connectivity index (χ4v) is 1.98. The molecule has 1 unspecified atom stereocenters. The number of rotatable bonds is 5. The molecule has 0 aromatic carbocycles. The number of aliphatic hydroxyl groups is 1. The van der Waals surface area contributed by atoms with Crippen LogP contribution in [0.15, 0.2) is 0 Å². The fraction of sp³-hybridized carbons (Fsp3) is 0.917. The van der Waals surface area contributed by atoms with E-state index in [9.17, 15) is 9.90 Å². The van der Waals surface area contributed by atoms with Crippen molar-refractivity contribution in [3.8, 4) is 0 Å². The minimum Gasteiger partial charge on any atom is -0.394 e. The molecule has 1 heterocycles. The largest absolute Gasteiger partial charge is 0.394 e. The summed E-state index contributed by atoms with van der Waals surface area (Å²) in [5.41, 5.74) is -0.474. The number of ether oxygens (including phenoxy) is 1. The van der Waals surface area contributed by atoms with Gasteiger partial charge in [-0.15, -0.1) is 0 Å². The zero-order valence-electron chi connectivity index (χ0n) is 10.3. The maximum absolute atomic E-state index is 11.9. The number of nitrogens with one attached hydrogen (secondary N) is 1. The van der Waals surface area contributed by atoms with E-state index in [-0.39, 0.29) is 18.6 Å². The molecular weight excluding hydrogens is 206 g/mol. The molecule has 1 fully saturated rings. The molecule has 1 amide bonds. The van der Waals surface area contributed by atoms with Gasteiger partial charge in [0.15, 0.2) is 0 Å². The Morgan fingerprint density at radius 2 is 2.12 bits per heavy atom. The van der Waals surface area contributed by atoms with E-state index in [0.717, 1.165) is 32.1 Å². The highest BCUT2D eigenvalue weighted by molar-refractivity contribution is 5.81. The molecule has 0 bridgehead atoms.